The Morgan fingerprint density at radius 2 is 1.94 bits per heavy atom. The third-order valence-corrected chi connectivity index (χ3v) is 4.33. The Labute approximate surface area is 106 Å². The summed E-state index contributed by atoms with van der Waals surface area (Å²) in [6.45, 7) is 0. The van der Waals surface area contributed by atoms with Crippen molar-refractivity contribution in [1.82, 2.24) is 4.90 Å². The maximum Gasteiger partial charge on any atom is 0.273 e. The molecule has 0 radical (unpaired) electrons. The maximum atomic E-state index is 12.3. The molecule has 1 aromatic carbocycles. The summed E-state index contributed by atoms with van der Waals surface area (Å²) in [6, 6.07) is 8.13. The second kappa shape index (κ2) is 3.31. The largest absolute Gasteiger partial charge is 0.317 e. The van der Waals surface area contributed by atoms with E-state index in [1.165, 1.54) is 0 Å². The zero-order chi connectivity index (χ0) is 12.2. The molecule has 0 bridgehead atoms. The van der Waals surface area contributed by atoms with Crippen molar-refractivity contribution in [1.29, 1.82) is 0 Å². The lowest BCUT2D eigenvalue weighted by molar-refractivity contribution is -0.124. The number of nitrogens with zero attached hydrogens (tertiary/aromatic N) is 2. The third-order valence-electron chi connectivity index (χ3n) is 4.33. The second-order valence-corrected chi connectivity index (χ2v) is 5.25. The van der Waals surface area contributed by atoms with Gasteiger partial charge in [0.25, 0.3) is 5.91 Å². The van der Waals surface area contributed by atoms with Gasteiger partial charge in [-0.1, -0.05) is 37.1 Å². The highest BCUT2D eigenvalue weighted by molar-refractivity contribution is 6.16. The van der Waals surface area contributed by atoms with Crippen LogP contribution < -0.4 is 0 Å². The summed E-state index contributed by atoms with van der Waals surface area (Å²) in [7, 11) is 0. The molecule has 90 valence electrons. The van der Waals surface area contributed by atoms with Gasteiger partial charge >= 0.3 is 0 Å². The van der Waals surface area contributed by atoms with E-state index in [1.54, 1.807) is 0 Å². The molecule has 0 N–H and O–H groups in total. The minimum atomic E-state index is -0.362. The van der Waals surface area contributed by atoms with Crippen LogP contribution in [0.2, 0.25) is 0 Å². The molecule has 0 atom stereocenters. The molecule has 1 spiro atoms. The number of benzene rings is 1. The molecule has 3 aliphatic rings. The van der Waals surface area contributed by atoms with Gasteiger partial charge in [0.15, 0.2) is 0 Å². The summed E-state index contributed by atoms with van der Waals surface area (Å²) in [5.74, 6) is 0.899. The second-order valence-electron chi connectivity index (χ2n) is 5.25. The van der Waals surface area contributed by atoms with E-state index in [2.05, 4.69) is 22.0 Å². The molecule has 4 rings (SSSR count). The Bertz CT molecular complexity index is 594. The van der Waals surface area contributed by atoms with Gasteiger partial charge in [-0.2, -0.15) is 4.99 Å². The molecule has 0 unspecified atom stereocenters. The van der Waals surface area contributed by atoms with Crippen molar-refractivity contribution in [3.8, 4) is 0 Å². The fourth-order valence-corrected chi connectivity index (χ4v) is 3.38. The van der Waals surface area contributed by atoms with E-state index in [-0.39, 0.29) is 11.4 Å². The van der Waals surface area contributed by atoms with Gasteiger partial charge in [0.2, 0.25) is 0 Å². The fourth-order valence-electron chi connectivity index (χ4n) is 3.38. The van der Waals surface area contributed by atoms with Crippen LogP contribution in [0.3, 0.4) is 0 Å². The molecule has 1 aliphatic carbocycles. The van der Waals surface area contributed by atoms with Gasteiger partial charge in [0.05, 0.1) is 0 Å². The topological polar surface area (TPSA) is 32.7 Å². The molecular weight excluding hydrogens is 224 g/mol. The van der Waals surface area contributed by atoms with Crippen molar-refractivity contribution in [2.75, 3.05) is 0 Å². The van der Waals surface area contributed by atoms with Gasteiger partial charge in [-0.15, -0.1) is 0 Å². The van der Waals surface area contributed by atoms with Gasteiger partial charge in [0.1, 0.15) is 11.4 Å². The van der Waals surface area contributed by atoms with Crippen LogP contribution in [-0.4, -0.2) is 22.2 Å². The van der Waals surface area contributed by atoms with Gasteiger partial charge in [-0.25, -0.2) is 0 Å². The first kappa shape index (κ1) is 10.1. The number of aliphatic imine (C=N–C) groups is 1. The molecule has 1 aromatic rings. The number of hydrogen-bond donors (Lipinski definition) is 0. The Balaban J connectivity index is 1.89. The molecule has 2 aliphatic heterocycles. The summed E-state index contributed by atoms with van der Waals surface area (Å²) in [5, 5.41) is 0. The van der Waals surface area contributed by atoms with E-state index in [0.717, 1.165) is 42.6 Å². The first-order valence-corrected chi connectivity index (χ1v) is 6.51. The SMILES string of the molecule is O=C1N=C2c3ccccc3C=CN2C12CCCC2. The van der Waals surface area contributed by atoms with Gasteiger partial charge in [-0.05, 0) is 24.5 Å². The number of rotatable bonds is 0. The first-order valence-electron chi connectivity index (χ1n) is 6.51. The van der Waals surface area contributed by atoms with E-state index < -0.39 is 0 Å². The van der Waals surface area contributed by atoms with Crippen LogP contribution in [0.25, 0.3) is 6.08 Å². The summed E-state index contributed by atoms with van der Waals surface area (Å²) in [6.07, 6.45) is 8.25. The van der Waals surface area contributed by atoms with Crippen LogP contribution in [0, 0.1) is 0 Å². The average Bonchev–Trinajstić information content (AvgIpc) is 2.99. The number of amides is 1. The quantitative estimate of drug-likeness (QED) is 0.696. The Morgan fingerprint density at radius 1 is 1.17 bits per heavy atom. The first-order chi connectivity index (χ1) is 8.81. The van der Waals surface area contributed by atoms with Crippen LogP contribution in [0.1, 0.15) is 36.8 Å². The summed E-state index contributed by atoms with van der Waals surface area (Å²) >= 11 is 0. The number of carbonyl (C=O) groups excluding carboxylic acids is 1. The number of carbonyl (C=O) groups is 1. The lowest BCUT2D eigenvalue weighted by atomic mass is 9.93. The predicted molar refractivity (Wildman–Crippen MR) is 70.1 cm³/mol. The van der Waals surface area contributed by atoms with Crippen molar-refractivity contribution in [2.45, 2.75) is 31.2 Å². The molecule has 1 fully saturated rings. The third kappa shape index (κ3) is 1.09. The van der Waals surface area contributed by atoms with Crippen LogP contribution >= 0.6 is 0 Å². The van der Waals surface area contributed by atoms with Crippen molar-refractivity contribution in [3.63, 3.8) is 0 Å². The lowest BCUT2D eigenvalue weighted by Gasteiger charge is -2.34. The molecule has 3 nitrogen and oxygen atoms in total. The normalized spacial score (nSPS) is 23.2. The van der Waals surface area contributed by atoms with E-state index >= 15 is 0 Å². The highest BCUT2D eigenvalue weighted by atomic mass is 16.2. The average molecular weight is 238 g/mol. The van der Waals surface area contributed by atoms with Crippen LogP contribution in [0.4, 0.5) is 0 Å². The number of amidine groups is 1. The van der Waals surface area contributed by atoms with Crippen molar-refractivity contribution in [2.24, 2.45) is 4.99 Å². The van der Waals surface area contributed by atoms with Crippen LogP contribution in [0.5, 0.6) is 0 Å². The standard InChI is InChI=1S/C15H14N2O/c18-14-15(8-3-4-9-15)17-10-7-11-5-1-2-6-12(11)13(17)16-14/h1-2,5-7,10H,3-4,8-9H2. The highest BCUT2D eigenvalue weighted by Crippen LogP contribution is 2.43. The molecule has 3 heteroatoms. The molecule has 2 heterocycles. The van der Waals surface area contributed by atoms with Crippen LogP contribution in [-0.2, 0) is 4.79 Å². The zero-order valence-electron chi connectivity index (χ0n) is 10.1. The zero-order valence-corrected chi connectivity index (χ0v) is 10.1. The van der Waals surface area contributed by atoms with E-state index in [9.17, 15) is 4.79 Å². The van der Waals surface area contributed by atoms with Crippen LogP contribution in [0.15, 0.2) is 35.5 Å². The van der Waals surface area contributed by atoms with E-state index in [1.807, 2.05) is 24.4 Å². The summed E-state index contributed by atoms with van der Waals surface area (Å²) in [5.41, 5.74) is 1.87. The minimum absolute atomic E-state index is 0.0522. The summed E-state index contributed by atoms with van der Waals surface area (Å²) in [4.78, 5) is 18.8. The molecule has 18 heavy (non-hydrogen) atoms. The van der Waals surface area contributed by atoms with E-state index in [4.69, 9.17) is 0 Å². The number of fused-ring (bicyclic) bond motifs is 4. The lowest BCUT2D eigenvalue weighted by Crippen LogP contribution is -2.47. The fraction of sp³-hybridized carbons (Fsp3) is 0.333. The summed E-state index contributed by atoms with van der Waals surface area (Å²) < 4.78 is 0. The maximum absolute atomic E-state index is 12.3. The van der Waals surface area contributed by atoms with Crippen molar-refractivity contribution in [3.05, 3.63) is 41.6 Å². The van der Waals surface area contributed by atoms with Gasteiger partial charge in [0, 0.05) is 11.8 Å². The van der Waals surface area contributed by atoms with E-state index in [0.29, 0.717) is 0 Å². The molecule has 1 amide bonds. The smallest absolute Gasteiger partial charge is 0.273 e. The predicted octanol–water partition coefficient (Wildman–Crippen LogP) is 2.57. The van der Waals surface area contributed by atoms with Crippen molar-refractivity contribution < 1.29 is 4.79 Å². The van der Waals surface area contributed by atoms with Crippen molar-refractivity contribution >= 4 is 17.8 Å². The Morgan fingerprint density at radius 3 is 2.78 bits per heavy atom. The van der Waals surface area contributed by atoms with Gasteiger partial charge < -0.3 is 4.90 Å². The monoisotopic (exact) mass is 238 g/mol. The minimum Gasteiger partial charge on any atom is -0.317 e. The Hall–Kier alpha value is -1.90. The molecule has 0 saturated heterocycles. The molecule has 0 aromatic heterocycles. The highest BCUT2D eigenvalue weighted by Gasteiger charge is 2.52. The van der Waals surface area contributed by atoms with Gasteiger partial charge in [-0.3, -0.25) is 4.79 Å². The Kier molecular flexibility index (Phi) is 1.85. The molecule has 1 saturated carbocycles. The number of hydrogen-bond acceptors (Lipinski definition) is 2. The molecular formula is C15H14N2O.